The standard InChI is InChI=1S/C20H20FN3O3S/c1-23(2)10-11-24(20-22-16-9-8-13(21)12-17(16)28-20)18(25)14-6-4-5-7-15(14)19(26)27-3/h4-9,12H,10-11H2,1-3H3. The Morgan fingerprint density at radius 3 is 2.50 bits per heavy atom. The summed E-state index contributed by atoms with van der Waals surface area (Å²) in [6.07, 6.45) is 0. The van der Waals surface area contributed by atoms with Crippen molar-refractivity contribution in [1.82, 2.24) is 9.88 Å². The van der Waals surface area contributed by atoms with Gasteiger partial charge >= 0.3 is 5.97 Å². The number of likely N-dealkylation sites (N-methyl/N-ethyl adjacent to an activating group) is 1. The molecule has 0 aliphatic rings. The number of ether oxygens (including phenoxy) is 1. The highest BCUT2D eigenvalue weighted by Crippen LogP contribution is 2.30. The zero-order valence-corrected chi connectivity index (χ0v) is 16.6. The summed E-state index contributed by atoms with van der Waals surface area (Å²) in [7, 11) is 5.08. The molecule has 146 valence electrons. The van der Waals surface area contributed by atoms with Crippen LogP contribution in [0.5, 0.6) is 0 Å². The van der Waals surface area contributed by atoms with Gasteiger partial charge in [0, 0.05) is 13.1 Å². The molecule has 0 aliphatic carbocycles. The molecule has 1 aromatic heterocycles. The van der Waals surface area contributed by atoms with Crippen LogP contribution in [0.15, 0.2) is 42.5 Å². The highest BCUT2D eigenvalue weighted by molar-refractivity contribution is 7.22. The van der Waals surface area contributed by atoms with Crippen molar-refractivity contribution in [2.24, 2.45) is 0 Å². The van der Waals surface area contributed by atoms with Gasteiger partial charge in [-0.25, -0.2) is 14.2 Å². The molecule has 0 bridgehead atoms. The molecule has 8 heteroatoms. The zero-order valence-electron chi connectivity index (χ0n) is 15.8. The molecule has 1 heterocycles. The predicted octanol–water partition coefficient (Wildman–Crippen LogP) is 3.43. The monoisotopic (exact) mass is 401 g/mol. The van der Waals surface area contributed by atoms with Crippen LogP contribution >= 0.6 is 11.3 Å². The summed E-state index contributed by atoms with van der Waals surface area (Å²) in [5.41, 5.74) is 1.04. The third-order valence-electron chi connectivity index (χ3n) is 4.15. The number of methoxy groups -OCH3 is 1. The van der Waals surface area contributed by atoms with Gasteiger partial charge < -0.3 is 9.64 Å². The van der Waals surface area contributed by atoms with E-state index in [4.69, 9.17) is 4.74 Å². The maximum absolute atomic E-state index is 13.5. The fraction of sp³-hybridized carbons (Fsp3) is 0.250. The van der Waals surface area contributed by atoms with E-state index in [9.17, 15) is 14.0 Å². The van der Waals surface area contributed by atoms with Crippen molar-refractivity contribution in [3.8, 4) is 0 Å². The highest BCUT2D eigenvalue weighted by Gasteiger charge is 2.25. The van der Waals surface area contributed by atoms with E-state index in [0.29, 0.717) is 28.4 Å². The van der Waals surface area contributed by atoms with Gasteiger partial charge in [-0.2, -0.15) is 0 Å². The maximum atomic E-state index is 13.5. The van der Waals surface area contributed by atoms with Gasteiger partial charge in [-0.05, 0) is 44.4 Å². The van der Waals surface area contributed by atoms with E-state index in [1.807, 2.05) is 19.0 Å². The van der Waals surface area contributed by atoms with Crippen molar-refractivity contribution in [3.05, 3.63) is 59.4 Å². The number of esters is 1. The summed E-state index contributed by atoms with van der Waals surface area (Å²) in [5, 5.41) is 0.451. The number of thiazole rings is 1. The Bertz CT molecular complexity index is 1020. The van der Waals surface area contributed by atoms with E-state index in [-0.39, 0.29) is 22.9 Å². The predicted molar refractivity (Wildman–Crippen MR) is 108 cm³/mol. The van der Waals surface area contributed by atoms with Crippen molar-refractivity contribution >= 4 is 38.6 Å². The number of aromatic nitrogens is 1. The summed E-state index contributed by atoms with van der Waals surface area (Å²) >= 11 is 1.23. The SMILES string of the molecule is COC(=O)c1ccccc1C(=O)N(CCN(C)C)c1nc2ccc(F)cc2s1. The first-order chi connectivity index (χ1) is 13.4. The van der Waals surface area contributed by atoms with Crippen LogP contribution < -0.4 is 4.90 Å². The summed E-state index contributed by atoms with van der Waals surface area (Å²) in [6, 6.07) is 10.8. The Morgan fingerprint density at radius 1 is 1.11 bits per heavy atom. The van der Waals surface area contributed by atoms with Crippen LogP contribution in [0.25, 0.3) is 10.2 Å². The van der Waals surface area contributed by atoms with Gasteiger partial charge in [0.05, 0.1) is 28.5 Å². The Balaban J connectivity index is 2.04. The molecule has 0 N–H and O–H groups in total. The van der Waals surface area contributed by atoms with E-state index in [0.717, 1.165) is 0 Å². The molecule has 0 saturated heterocycles. The number of amides is 1. The number of anilines is 1. The van der Waals surface area contributed by atoms with Gasteiger partial charge in [0.2, 0.25) is 0 Å². The number of hydrogen-bond acceptors (Lipinski definition) is 6. The fourth-order valence-corrected chi connectivity index (χ4v) is 3.70. The van der Waals surface area contributed by atoms with Crippen LogP contribution in [0.3, 0.4) is 0 Å². The second kappa shape index (κ2) is 8.45. The molecule has 3 rings (SSSR count). The molecular weight excluding hydrogens is 381 g/mol. The number of halogens is 1. The molecule has 0 saturated carbocycles. The maximum Gasteiger partial charge on any atom is 0.338 e. The summed E-state index contributed by atoms with van der Waals surface area (Å²) in [5.74, 6) is -1.30. The number of carbonyl (C=O) groups is 2. The Morgan fingerprint density at radius 2 is 1.82 bits per heavy atom. The number of nitrogens with zero attached hydrogens (tertiary/aromatic N) is 3. The van der Waals surface area contributed by atoms with Crippen molar-refractivity contribution in [1.29, 1.82) is 0 Å². The third kappa shape index (κ3) is 4.18. The van der Waals surface area contributed by atoms with Crippen LogP contribution in [0.2, 0.25) is 0 Å². The molecule has 0 radical (unpaired) electrons. The molecule has 28 heavy (non-hydrogen) atoms. The lowest BCUT2D eigenvalue weighted by Gasteiger charge is -2.22. The number of fused-ring (bicyclic) bond motifs is 1. The average Bonchev–Trinajstić information content (AvgIpc) is 3.09. The van der Waals surface area contributed by atoms with Crippen molar-refractivity contribution in [2.75, 3.05) is 39.2 Å². The lowest BCUT2D eigenvalue weighted by atomic mass is 10.1. The van der Waals surface area contributed by atoms with Crippen molar-refractivity contribution in [3.63, 3.8) is 0 Å². The minimum absolute atomic E-state index is 0.192. The average molecular weight is 401 g/mol. The highest BCUT2D eigenvalue weighted by atomic mass is 32.1. The lowest BCUT2D eigenvalue weighted by molar-refractivity contribution is 0.0597. The molecule has 0 unspecified atom stereocenters. The summed E-state index contributed by atoms with van der Waals surface area (Å²) in [6.45, 7) is 0.958. The topological polar surface area (TPSA) is 62.7 Å². The number of benzene rings is 2. The van der Waals surface area contributed by atoms with E-state index in [1.165, 1.54) is 35.5 Å². The minimum atomic E-state index is -0.581. The molecule has 0 aliphatic heterocycles. The first-order valence-corrected chi connectivity index (χ1v) is 9.42. The van der Waals surface area contributed by atoms with E-state index < -0.39 is 5.97 Å². The van der Waals surface area contributed by atoms with Crippen LogP contribution in [0.4, 0.5) is 9.52 Å². The molecular formula is C20H20FN3O3S. The minimum Gasteiger partial charge on any atom is -0.465 e. The van der Waals surface area contributed by atoms with E-state index in [1.54, 1.807) is 30.3 Å². The molecule has 0 spiro atoms. The van der Waals surface area contributed by atoms with Gasteiger partial charge in [-0.1, -0.05) is 23.5 Å². The Kier molecular flexibility index (Phi) is 6.01. The summed E-state index contributed by atoms with van der Waals surface area (Å²) in [4.78, 5) is 33.4. The number of carbonyl (C=O) groups excluding carboxylic acids is 2. The largest absolute Gasteiger partial charge is 0.465 e. The first kappa shape index (κ1) is 19.9. The second-order valence-corrected chi connectivity index (χ2v) is 7.41. The van der Waals surface area contributed by atoms with Crippen LogP contribution in [-0.4, -0.2) is 56.1 Å². The van der Waals surface area contributed by atoms with E-state index >= 15 is 0 Å². The quantitative estimate of drug-likeness (QED) is 0.592. The third-order valence-corrected chi connectivity index (χ3v) is 5.19. The lowest BCUT2D eigenvalue weighted by Crippen LogP contribution is -2.37. The summed E-state index contributed by atoms with van der Waals surface area (Å²) < 4.78 is 19.0. The van der Waals surface area contributed by atoms with Crippen molar-refractivity contribution in [2.45, 2.75) is 0 Å². The smallest absolute Gasteiger partial charge is 0.338 e. The molecule has 1 amide bonds. The molecule has 2 aromatic carbocycles. The molecule has 6 nitrogen and oxygen atoms in total. The van der Waals surface area contributed by atoms with Crippen LogP contribution in [-0.2, 0) is 4.74 Å². The van der Waals surface area contributed by atoms with Gasteiger partial charge in [-0.3, -0.25) is 9.69 Å². The number of hydrogen-bond donors (Lipinski definition) is 0. The van der Waals surface area contributed by atoms with Gasteiger partial charge in [-0.15, -0.1) is 0 Å². The molecule has 0 fully saturated rings. The van der Waals surface area contributed by atoms with E-state index in [2.05, 4.69) is 4.98 Å². The molecule has 0 atom stereocenters. The van der Waals surface area contributed by atoms with Crippen LogP contribution in [0, 0.1) is 5.82 Å². The van der Waals surface area contributed by atoms with Crippen molar-refractivity contribution < 1.29 is 18.7 Å². The Hall–Kier alpha value is -2.84. The zero-order chi connectivity index (χ0) is 20.3. The van der Waals surface area contributed by atoms with Gasteiger partial charge in [0.25, 0.3) is 5.91 Å². The fourth-order valence-electron chi connectivity index (χ4n) is 2.69. The molecule has 3 aromatic rings. The number of rotatable bonds is 6. The second-order valence-electron chi connectivity index (χ2n) is 6.41. The normalized spacial score (nSPS) is 11.0. The van der Waals surface area contributed by atoms with Crippen LogP contribution in [0.1, 0.15) is 20.7 Å². The Labute approximate surface area is 166 Å². The van der Waals surface area contributed by atoms with Gasteiger partial charge in [0.1, 0.15) is 5.82 Å². The first-order valence-electron chi connectivity index (χ1n) is 8.60. The van der Waals surface area contributed by atoms with Gasteiger partial charge in [0.15, 0.2) is 5.13 Å².